The summed E-state index contributed by atoms with van der Waals surface area (Å²) in [6, 6.07) is 10.8. The molecular weight excluding hydrogens is 466 g/mol. The Kier molecular flexibility index (Phi) is 5.45. The van der Waals surface area contributed by atoms with E-state index in [-0.39, 0.29) is 22.7 Å². The molecule has 2 saturated carbocycles. The van der Waals surface area contributed by atoms with Crippen LogP contribution in [0.5, 0.6) is 11.5 Å². The van der Waals surface area contributed by atoms with Crippen LogP contribution in [0.25, 0.3) is 0 Å². The molecule has 35 heavy (non-hydrogen) atoms. The zero-order valence-corrected chi connectivity index (χ0v) is 20.7. The van der Waals surface area contributed by atoms with E-state index in [4.69, 9.17) is 9.47 Å². The summed E-state index contributed by atoms with van der Waals surface area (Å²) in [5, 5.41) is 3.05. The normalized spacial score (nSPS) is 21.8. The first-order chi connectivity index (χ1) is 16.9. The van der Waals surface area contributed by atoms with Gasteiger partial charge in [0.2, 0.25) is 5.91 Å². The second kappa shape index (κ2) is 8.41. The quantitative estimate of drug-likeness (QED) is 0.603. The zero-order valence-electron chi connectivity index (χ0n) is 19.9. The third-order valence-electron chi connectivity index (χ3n) is 7.94. The molecule has 9 heteroatoms. The van der Waals surface area contributed by atoms with Crippen molar-refractivity contribution >= 4 is 27.3 Å². The van der Waals surface area contributed by atoms with E-state index in [9.17, 15) is 13.2 Å². The van der Waals surface area contributed by atoms with Gasteiger partial charge in [-0.25, -0.2) is 8.42 Å². The molecule has 1 amide bonds. The SMILES string of the molecule is COc1ccccc1S(=O)(=O)Nc1cc(OC2CCN(C3CC3)CC2)c2c(c1)C1(CCC1)C(=O)N2. The van der Waals surface area contributed by atoms with Gasteiger partial charge in [0.15, 0.2) is 0 Å². The van der Waals surface area contributed by atoms with Crippen LogP contribution in [0.2, 0.25) is 0 Å². The smallest absolute Gasteiger partial charge is 0.265 e. The molecule has 0 aromatic heterocycles. The fourth-order valence-electron chi connectivity index (χ4n) is 5.68. The summed E-state index contributed by atoms with van der Waals surface area (Å²) in [6.45, 7) is 2.02. The molecule has 0 unspecified atom stereocenters. The summed E-state index contributed by atoms with van der Waals surface area (Å²) >= 11 is 0. The minimum absolute atomic E-state index is 0.0168. The van der Waals surface area contributed by atoms with Crippen LogP contribution in [0.1, 0.15) is 50.5 Å². The lowest BCUT2D eigenvalue weighted by molar-refractivity contribution is -0.123. The van der Waals surface area contributed by atoms with Gasteiger partial charge in [-0.1, -0.05) is 18.6 Å². The molecule has 6 rings (SSSR count). The average molecular weight is 498 g/mol. The summed E-state index contributed by atoms with van der Waals surface area (Å²) in [5.74, 6) is 0.798. The van der Waals surface area contributed by atoms with E-state index in [1.54, 1.807) is 30.3 Å². The van der Waals surface area contributed by atoms with Gasteiger partial charge in [0, 0.05) is 25.2 Å². The van der Waals surface area contributed by atoms with Gasteiger partial charge >= 0.3 is 0 Å². The Morgan fingerprint density at radius 3 is 2.46 bits per heavy atom. The average Bonchev–Trinajstić information content (AvgIpc) is 3.61. The van der Waals surface area contributed by atoms with Crippen molar-refractivity contribution in [3.05, 3.63) is 42.0 Å². The number of benzene rings is 2. The molecule has 2 aliphatic carbocycles. The van der Waals surface area contributed by atoms with Crippen LogP contribution in [0.3, 0.4) is 0 Å². The number of hydrogen-bond donors (Lipinski definition) is 2. The molecule has 186 valence electrons. The molecular formula is C26H31N3O5S. The highest BCUT2D eigenvalue weighted by Crippen LogP contribution is 2.54. The van der Waals surface area contributed by atoms with Gasteiger partial charge in [-0.3, -0.25) is 9.52 Å². The maximum absolute atomic E-state index is 13.3. The molecule has 0 bridgehead atoms. The highest BCUT2D eigenvalue weighted by Gasteiger charge is 2.52. The molecule has 0 atom stereocenters. The third kappa shape index (κ3) is 3.94. The maximum atomic E-state index is 13.3. The minimum atomic E-state index is -3.92. The molecule has 2 aliphatic heterocycles. The summed E-state index contributed by atoms with van der Waals surface area (Å²) in [7, 11) is -2.47. The molecule has 2 N–H and O–H groups in total. The number of nitrogens with zero attached hydrogens (tertiary/aromatic N) is 1. The van der Waals surface area contributed by atoms with Crippen molar-refractivity contribution in [2.75, 3.05) is 30.2 Å². The van der Waals surface area contributed by atoms with Crippen LogP contribution in [0.15, 0.2) is 41.3 Å². The summed E-state index contributed by atoms with van der Waals surface area (Å²) < 4.78 is 41.0. The van der Waals surface area contributed by atoms with Crippen molar-refractivity contribution in [2.24, 2.45) is 0 Å². The number of methoxy groups -OCH3 is 1. The lowest BCUT2D eigenvalue weighted by Crippen LogP contribution is -2.40. The summed E-state index contributed by atoms with van der Waals surface area (Å²) in [4.78, 5) is 15.6. The first-order valence-corrected chi connectivity index (χ1v) is 13.9. The number of nitrogens with one attached hydrogen (secondary N) is 2. The number of anilines is 2. The van der Waals surface area contributed by atoms with Crippen LogP contribution in [-0.4, -0.2) is 51.6 Å². The van der Waals surface area contributed by atoms with Crippen LogP contribution in [-0.2, 0) is 20.2 Å². The van der Waals surface area contributed by atoms with Crippen LogP contribution in [0, 0.1) is 0 Å². The first-order valence-electron chi connectivity index (χ1n) is 12.5. The van der Waals surface area contributed by atoms with E-state index in [2.05, 4.69) is 14.9 Å². The van der Waals surface area contributed by atoms with Gasteiger partial charge in [0.1, 0.15) is 22.5 Å². The number of amides is 1. The summed E-state index contributed by atoms with van der Waals surface area (Å²) in [6.07, 6.45) is 6.94. The predicted octanol–water partition coefficient (Wildman–Crippen LogP) is 3.88. The highest BCUT2D eigenvalue weighted by molar-refractivity contribution is 7.92. The monoisotopic (exact) mass is 497 g/mol. The molecule has 2 aromatic rings. The van der Waals surface area contributed by atoms with E-state index in [0.29, 0.717) is 17.1 Å². The van der Waals surface area contributed by atoms with E-state index in [1.807, 2.05) is 0 Å². The maximum Gasteiger partial charge on any atom is 0.265 e. The number of carbonyl (C=O) groups is 1. The molecule has 3 fully saturated rings. The number of rotatable bonds is 7. The molecule has 0 radical (unpaired) electrons. The van der Waals surface area contributed by atoms with Gasteiger partial charge in [-0.15, -0.1) is 0 Å². The fraction of sp³-hybridized carbons (Fsp3) is 0.500. The van der Waals surface area contributed by atoms with Gasteiger partial charge in [0.25, 0.3) is 10.0 Å². The van der Waals surface area contributed by atoms with E-state index < -0.39 is 15.4 Å². The van der Waals surface area contributed by atoms with Crippen LogP contribution in [0.4, 0.5) is 11.4 Å². The highest BCUT2D eigenvalue weighted by atomic mass is 32.2. The predicted molar refractivity (Wildman–Crippen MR) is 133 cm³/mol. The molecule has 2 aromatic carbocycles. The number of likely N-dealkylation sites (tertiary alicyclic amines) is 1. The number of fused-ring (bicyclic) bond motifs is 2. The van der Waals surface area contributed by atoms with E-state index in [1.165, 1.54) is 26.0 Å². The minimum Gasteiger partial charge on any atom is -0.495 e. The number of hydrogen-bond acceptors (Lipinski definition) is 6. The number of piperidine rings is 1. The first kappa shape index (κ1) is 22.7. The second-order valence-corrected chi connectivity index (χ2v) is 11.8. The van der Waals surface area contributed by atoms with Gasteiger partial charge < -0.3 is 19.7 Å². The fourth-order valence-corrected chi connectivity index (χ4v) is 6.90. The Labute approximate surface area is 206 Å². The van der Waals surface area contributed by atoms with Crippen molar-refractivity contribution in [2.45, 2.75) is 67.4 Å². The molecule has 1 spiro atoms. The lowest BCUT2D eigenvalue weighted by Gasteiger charge is -2.36. The van der Waals surface area contributed by atoms with Crippen LogP contribution >= 0.6 is 0 Å². The Bertz CT molecular complexity index is 1260. The third-order valence-corrected chi connectivity index (χ3v) is 9.36. The number of carbonyl (C=O) groups excluding carboxylic acids is 1. The van der Waals surface area contributed by atoms with Crippen molar-refractivity contribution < 1.29 is 22.7 Å². The van der Waals surface area contributed by atoms with Crippen molar-refractivity contribution in [1.29, 1.82) is 0 Å². The van der Waals surface area contributed by atoms with E-state index >= 15 is 0 Å². The zero-order chi connectivity index (χ0) is 24.2. The Morgan fingerprint density at radius 1 is 1.06 bits per heavy atom. The Morgan fingerprint density at radius 2 is 1.80 bits per heavy atom. The number of para-hydroxylation sites is 1. The summed E-state index contributed by atoms with van der Waals surface area (Å²) in [5.41, 5.74) is 1.33. The van der Waals surface area contributed by atoms with Crippen molar-refractivity contribution in [3.8, 4) is 11.5 Å². The number of ether oxygens (including phenoxy) is 2. The lowest BCUT2D eigenvalue weighted by atomic mass is 9.65. The number of sulfonamides is 1. The topological polar surface area (TPSA) is 97.0 Å². The largest absolute Gasteiger partial charge is 0.495 e. The van der Waals surface area contributed by atoms with Gasteiger partial charge in [0.05, 0.1) is 23.9 Å². The van der Waals surface area contributed by atoms with Crippen molar-refractivity contribution in [1.82, 2.24) is 4.90 Å². The Balaban J connectivity index is 1.32. The molecule has 4 aliphatic rings. The second-order valence-electron chi connectivity index (χ2n) is 10.1. The van der Waals surface area contributed by atoms with Crippen LogP contribution < -0.4 is 19.5 Å². The Hall–Kier alpha value is -2.78. The standard InChI is InChI=1S/C26H31N3O5S/c1-33-21-5-2-3-6-23(21)35(31,32)28-17-15-20-24(27-25(30)26(20)11-4-12-26)22(16-17)34-19-9-13-29(14-10-19)18-7-8-18/h2-3,5-6,15-16,18-19,28H,4,7-14H2,1H3,(H,27,30). The van der Waals surface area contributed by atoms with Gasteiger partial charge in [-0.05, 0) is 62.3 Å². The van der Waals surface area contributed by atoms with E-state index in [0.717, 1.165) is 56.8 Å². The molecule has 2 heterocycles. The van der Waals surface area contributed by atoms with Crippen molar-refractivity contribution in [3.63, 3.8) is 0 Å². The molecule has 1 saturated heterocycles. The van der Waals surface area contributed by atoms with Gasteiger partial charge in [-0.2, -0.15) is 0 Å². The molecule has 8 nitrogen and oxygen atoms in total.